The smallest absolute Gasteiger partial charge is 0.120 e. The molecule has 0 amide bonds. The number of benzene rings is 3. The Morgan fingerprint density at radius 1 is 0.885 bits per heavy atom. The molecule has 0 radical (unpaired) electrons. The molecule has 1 heterocycles. The summed E-state index contributed by atoms with van der Waals surface area (Å²) in [6.07, 6.45) is 3.91. The van der Waals surface area contributed by atoms with Gasteiger partial charge < -0.3 is 9.30 Å². The highest BCUT2D eigenvalue weighted by molar-refractivity contribution is 5.64. The van der Waals surface area contributed by atoms with Crippen LogP contribution in [0.5, 0.6) is 5.75 Å². The van der Waals surface area contributed by atoms with Crippen molar-refractivity contribution in [1.82, 2.24) is 9.55 Å². The molecule has 0 bridgehead atoms. The highest BCUT2D eigenvalue weighted by atomic mass is 16.5. The lowest BCUT2D eigenvalue weighted by Gasteiger charge is -2.09. The largest absolute Gasteiger partial charge is 0.489 e. The van der Waals surface area contributed by atoms with E-state index in [-0.39, 0.29) is 0 Å². The number of rotatable bonds is 5. The molecule has 0 atom stereocenters. The maximum absolute atomic E-state index is 5.91. The number of imidazole rings is 1. The van der Waals surface area contributed by atoms with E-state index >= 15 is 0 Å². The fourth-order valence-electron chi connectivity index (χ4n) is 2.96. The van der Waals surface area contributed by atoms with E-state index in [1.807, 2.05) is 53.4 Å². The van der Waals surface area contributed by atoms with Crippen LogP contribution in [0.1, 0.15) is 11.1 Å². The zero-order valence-corrected chi connectivity index (χ0v) is 14.7. The van der Waals surface area contributed by atoms with E-state index in [1.165, 1.54) is 0 Å². The quantitative estimate of drug-likeness (QED) is 0.484. The molecule has 3 nitrogen and oxygen atoms in total. The molecule has 128 valence electrons. The molecule has 0 spiro atoms. The van der Waals surface area contributed by atoms with Gasteiger partial charge in [-0.05, 0) is 48.4 Å². The fourth-order valence-corrected chi connectivity index (χ4v) is 2.96. The fraction of sp³-hybridized carbons (Fsp3) is 0.0870. The van der Waals surface area contributed by atoms with Crippen LogP contribution >= 0.6 is 0 Å². The standard InChI is InChI=1S/C23H20N2O/c1-18-14-21(26-16-19-8-4-2-5-9-19)12-13-22(18)23-15-25(17-24-23)20-10-6-3-7-11-20/h2-15,17H,16H2,1H3. The molecule has 0 N–H and O–H groups in total. The highest BCUT2D eigenvalue weighted by Gasteiger charge is 2.08. The molecule has 0 saturated carbocycles. The van der Waals surface area contributed by atoms with E-state index < -0.39 is 0 Å². The molecule has 0 fully saturated rings. The first-order chi connectivity index (χ1) is 12.8. The Morgan fingerprint density at radius 3 is 2.35 bits per heavy atom. The predicted molar refractivity (Wildman–Crippen MR) is 105 cm³/mol. The van der Waals surface area contributed by atoms with Crippen LogP contribution in [-0.4, -0.2) is 9.55 Å². The summed E-state index contributed by atoms with van der Waals surface area (Å²) in [5, 5.41) is 0. The summed E-state index contributed by atoms with van der Waals surface area (Å²) in [5.74, 6) is 0.873. The maximum atomic E-state index is 5.91. The van der Waals surface area contributed by atoms with Gasteiger partial charge in [0.15, 0.2) is 0 Å². The van der Waals surface area contributed by atoms with Gasteiger partial charge in [-0.3, -0.25) is 0 Å². The summed E-state index contributed by atoms with van der Waals surface area (Å²) < 4.78 is 7.95. The van der Waals surface area contributed by atoms with Crippen molar-refractivity contribution < 1.29 is 4.74 Å². The first kappa shape index (κ1) is 16.2. The maximum Gasteiger partial charge on any atom is 0.120 e. The van der Waals surface area contributed by atoms with Crippen LogP contribution in [0.2, 0.25) is 0 Å². The number of nitrogens with zero attached hydrogens (tertiary/aromatic N) is 2. The van der Waals surface area contributed by atoms with Crippen LogP contribution in [0.15, 0.2) is 91.4 Å². The van der Waals surface area contributed by atoms with Gasteiger partial charge in [0.25, 0.3) is 0 Å². The van der Waals surface area contributed by atoms with Crippen molar-refractivity contribution in [2.24, 2.45) is 0 Å². The third kappa shape index (κ3) is 3.52. The average Bonchev–Trinajstić information content (AvgIpc) is 3.18. The molecule has 0 aliphatic rings. The first-order valence-electron chi connectivity index (χ1n) is 8.67. The number of aryl methyl sites for hydroxylation is 1. The Morgan fingerprint density at radius 2 is 1.62 bits per heavy atom. The van der Waals surface area contributed by atoms with Crippen LogP contribution in [0.25, 0.3) is 16.9 Å². The average molecular weight is 340 g/mol. The van der Waals surface area contributed by atoms with Crippen molar-refractivity contribution in [3.05, 3.63) is 103 Å². The molecule has 0 saturated heterocycles. The zero-order valence-electron chi connectivity index (χ0n) is 14.7. The summed E-state index contributed by atoms with van der Waals surface area (Å²) in [4.78, 5) is 4.57. The minimum absolute atomic E-state index is 0.572. The normalized spacial score (nSPS) is 10.7. The Kier molecular flexibility index (Phi) is 4.52. The first-order valence-corrected chi connectivity index (χ1v) is 8.67. The second-order valence-electron chi connectivity index (χ2n) is 6.25. The highest BCUT2D eigenvalue weighted by Crippen LogP contribution is 2.26. The van der Waals surface area contributed by atoms with E-state index in [9.17, 15) is 0 Å². The van der Waals surface area contributed by atoms with Crippen LogP contribution in [-0.2, 0) is 6.61 Å². The number of hydrogen-bond donors (Lipinski definition) is 0. The summed E-state index contributed by atoms with van der Waals surface area (Å²) in [6.45, 7) is 2.66. The summed E-state index contributed by atoms with van der Waals surface area (Å²) in [7, 11) is 0. The summed E-state index contributed by atoms with van der Waals surface area (Å²) in [6, 6.07) is 26.5. The van der Waals surface area contributed by atoms with Crippen molar-refractivity contribution in [2.75, 3.05) is 0 Å². The number of aromatic nitrogens is 2. The summed E-state index contributed by atoms with van der Waals surface area (Å²) >= 11 is 0. The molecule has 0 unspecified atom stereocenters. The van der Waals surface area contributed by atoms with Crippen molar-refractivity contribution >= 4 is 0 Å². The molecule has 3 heteroatoms. The Balaban J connectivity index is 1.52. The summed E-state index contributed by atoms with van der Waals surface area (Å²) in [5.41, 5.74) is 5.49. The minimum Gasteiger partial charge on any atom is -0.489 e. The van der Waals surface area contributed by atoms with Gasteiger partial charge in [0.05, 0.1) is 12.0 Å². The van der Waals surface area contributed by atoms with Crippen LogP contribution in [0.4, 0.5) is 0 Å². The molecular weight excluding hydrogens is 320 g/mol. The van der Waals surface area contributed by atoms with Crippen molar-refractivity contribution in [3.63, 3.8) is 0 Å². The lowest BCUT2D eigenvalue weighted by atomic mass is 10.1. The topological polar surface area (TPSA) is 27.1 Å². The number of ether oxygens (including phenoxy) is 1. The van der Waals surface area contributed by atoms with Gasteiger partial charge in [0, 0.05) is 17.4 Å². The van der Waals surface area contributed by atoms with E-state index in [2.05, 4.69) is 54.5 Å². The van der Waals surface area contributed by atoms with E-state index in [4.69, 9.17) is 4.74 Å². The molecule has 4 rings (SSSR count). The lowest BCUT2D eigenvalue weighted by molar-refractivity contribution is 0.306. The van der Waals surface area contributed by atoms with Gasteiger partial charge in [0.2, 0.25) is 0 Å². The monoisotopic (exact) mass is 340 g/mol. The minimum atomic E-state index is 0.572. The van der Waals surface area contributed by atoms with Gasteiger partial charge in [0.1, 0.15) is 12.4 Å². The van der Waals surface area contributed by atoms with Crippen LogP contribution < -0.4 is 4.74 Å². The second-order valence-corrected chi connectivity index (χ2v) is 6.25. The molecule has 26 heavy (non-hydrogen) atoms. The predicted octanol–water partition coefficient (Wildman–Crippen LogP) is 5.43. The third-order valence-corrected chi connectivity index (χ3v) is 4.36. The van der Waals surface area contributed by atoms with Gasteiger partial charge in [-0.25, -0.2) is 4.98 Å². The van der Waals surface area contributed by atoms with Crippen LogP contribution in [0.3, 0.4) is 0 Å². The Bertz CT molecular complexity index is 991. The zero-order chi connectivity index (χ0) is 17.8. The van der Waals surface area contributed by atoms with Crippen molar-refractivity contribution in [3.8, 4) is 22.7 Å². The SMILES string of the molecule is Cc1cc(OCc2ccccc2)ccc1-c1cn(-c2ccccc2)cn1. The van der Waals surface area contributed by atoms with Crippen molar-refractivity contribution in [2.45, 2.75) is 13.5 Å². The number of para-hydroxylation sites is 1. The Labute approximate surface area is 153 Å². The number of hydrogen-bond acceptors (Lipinski definition) is 2. The van der Waals surface area contributed by atoms with E-state index in [0.717, 1.165) is 33.8 Å². The van der Waals surface area contributed by atoms with Gasteiger partial charge in [-0.2, -0.15) is 0 Å². The van der Waals surface area contributed by atoms with Gasteiger partial charge >= 0.3 is 0 Å². The second kappa shape index (κ2) is 7.28. The molecule has 4 aromatic rings. The molecule has 0 aliphatic carbocycles. The third-order valence-electron chi connectivity index (χ3n) is 4.36. The van der Waals surface area contributed by atoms with E-state index in [1.54, 1.807) is 0 Å². The molecule has 1 aromatic heterocycles. The van der Waals surface area contributed by atoms with E-state index in [0.29, 0.717) is 6.61 Å². The molecular formula is C23H20N2O. The molecule has 3 aromatic carbocycles. The Hall–Kier alpha value is -3.33. The van der Waals surface area contributed by atoms with Crippen LogP contribution in [0, 0.1) is 6.92 Å². The van der Waals surface area contributed by atoms with Crippen molar-refractivity contribution in [1.29, 1.82) is 0 Å². The lowest BCUT2D eigenvalue weighted by Crippen LogP contribution is -1.95. The molecule has 0 aliphatic heterocycles. The van der Waals surface area contributed by atoms with Gasteiger partial charge in [-0.1, -0.05) is 48.5 Å². The van der Waals surface area contributed by atoms with Gasteiger partial charge in [-0.15, -0.1) is 0 Å².